The van der Waals surface area contributed by atoms with E-state index in [1.54, 1.807) is 17.1 Å². The van der Waals surface area contributed by atoms with E-state index in [0.29, 0.717) is 17.3 Å². The summed E-state index contributed by atoms with van der Waals surface area (Å²) in [5.41, 5.74) is 0.324. The van der Waals surface area contributed by atoms with Gasteiger partial charge < -0.3 is 5.32 Å². The number of rotatable bonds is 4. The van der Waals surface area contributed by atoms with Gasteiger partial charge in [-0.15, -0.1) is 0 Å². The van der Waals surface area contributed by atoms with Crippen LogP contribution in [0.4, 0.5) is 5.95 Å². The van der Waals surface area contributed by atoms with Gasteiger partial charge in [0.05, 0.1) is 0 Å². The number of hydrogen-bond donors (Lipinski definition) is 1. The molecule has 0 aromatic carbocycles. The van der Waals surface area contributed by atoms with Crippen molar-refractivity contribution in [1.29, 1.82) is 0 Å². The predicted octanol–water partition coefficient (Wildman–Crippen LogP) is 2.70. The highest BCUT2D eigenvalue weighted by atomic mass is 35.5. The Hall–Kier alpha value is -1.69. The Kier molecular flexibility index (Phi) is 3.56. The summed E-state index contributed by atoms with van der Waals surface area (Å²) in [6.45, 7) is 3.15. The summed E-state index contributed by atoms with van der Waals surface area (Å²) < 4.78 is 1.57. The monoisotopic (exact) mass is 292 g/mol. The highest BCUT2D eigenvalue weighted by Crippen LogP contribution is 2.37. The lowest BCUT2D eigenvalue weighted by Crippen LogP contribution is -2.24. The van der Waals surface area contributed by atoms with Gasteiger partial charge in [0.2, 0.25) is 11.2 Å². The molecule has 0 aliphatic heterocycles. The largest absolute Gasteiger partial charge is 0.353 e. The summed E-state index contributed by atoms with van der Waals surface area (Å²) in [5.74, 6) is 0.928. The van der Waals surface area contributed by atoms with Crippen LogP contribution in [0.1, 0.15) is 32.6 Å². The molecule has 0 radical (unpaired) electrons. The van der Waals surface area contributed by atoms with Gasteiger partial charge in [0.1, 0.15) is 0 Å². The third-order valence-electron chi connectivity index (χ3n) is 3.79. The lowest BCUT2D eigenvalue weighted by Gasteiger charge is -2.23. The van der Waals surface area contributed by atoms with Crippen molar-refractivity contribution in [2.45, 2.75) is 32.6 Å². The molecular formula is C13H17ClN6. The normalized spacial score (nSPS) is 17.3. The van der Waals surface area contributed by atoms with E-state index >= 15 is 0 Å². The quantitative estimate of drug-likeness (QED) is 0.938. The molecule has 0 unspecified atom stereocenters. The van der Waals surface area contributed by atoms with E-state index < -0.39 is 0 Å². The van der Waals surface area contributed by atoms with E-state index in [1.807, 2.05) is 6.07 Å². The Bertz CT molecular complexity index is 577. The molecule has 0 bridgehead atoms. The first kappa shape index (κ1) is 13.3. The molecular weight excluding hydrogens is 276 g/mol. The zero-order valence-corrected chi connectivity index (χ0v) is 12.1. The van der Waals surface area contributed by atoms with Crippen molar-refractivity contribution < 1.29 is 0 Å². The van der Waals surface area contributed by atoms with E-state index in [0.717, 1.165) is 6.54 Å². The van der Waals surface area contributed by atoms with Gasteiger partial charge in [0.25, 0.3) is 5.95 Å². The van der Waals surface area contributed by atoms with E-state index in [9.17, 15) is 0 Å². The highest BCUT2D eigenvalue weighted by molar-refractivity contribution is 6.28. The van der Waals surface area contributed by atoms with Crippen LogP contribution in [0.15, 0.2) is 18.5 Å². The molecule has 1 saturated carbocycles. The van der Waals surface area contributed by atoms with Gasteiger partial charge in [-0.1, -0.05) is 19.8 Å². The van der Waals surface area contributed by atoms with Gasteiger partial charge >= 0.3 is 0 Å². The molecule has 1 aliphatic rings. The van der Waals surface area contributed by atoms with Crippen molar-refractivity contribution in [3.05, 3.63) is 23.7 Å². The number of nitrogens with one attached hydrogen (secondary N) is 1. The smallest absolute Gasteiger partial charge is 0.256 e. The highest BCUT2D eigenvalue weighted by Gasteiger charge is 2.28. The maximum Gasteiger partial charge on any atom is 0.256 e. The van der Waals surface area contributed by atoms with Crippen LogP contribution in [0.2, 0.25) is 5.28 Å². The van der Waals surface area contributed by atoms with Crippen molar-refractivity contribution in [1.82, 2.24) is 24.7 Å². The van der Waals surface area contributed by atoms with Crippen LogP contribution in [0.25, 0.3) is 5.95 Å². The van der Waals surface area contributed by atoms with Gasteiger partial charge in [0.15, 0.2) is 0 Å². The second-order valence-electron chi connectivity index (χ2n) is 5.55. The second kappa shape index (κ2) is 5.36. The predicted molar refractivity (Wildman–Crippen MR) is 77.0 cm³/mol. The minimum atomic E-state index is 0.171. The molecule has 1 fully saturated rings. The molecule has 1 aliphatic carbocycles. The van der Waals surface area contributed by atoms with Crippen molar-refractivity contribution in [3.8, 4) is 5.95 Å². The Morgan fingerprint density at radius 2 is 2.10 bits per heavy atom. The Morgan fingerprint density at radius 3 is 2.80 bits per heavy atom. The van der Waals surface area contributed by atoms with Crippen molar-refractivity contribution >= 4 is 17.5 Å². The van der Waals surface area contributed by atoms with Crippen LogP contribution < -0.4 is 5.32 Å². The molecule has 6 nitrogen and oxygen atoms in total. The maximum atomic E-state index is 5.95. The fourth-order valence-electron chi connectivity index (χ4n) is 2.61. The molecule has 20 heavy (non-hydrogen) atoms. The Balaban J connectivity index is 1.76. The number of hydrogen-bond acceptors (Lipinski definition) is 5. The molecule has 0 atom stereocenters. The van der Waals surface area contributed by atoms with E-state index in [-0.39, 0.29) is 5.28 Å². The molecule has 1 N–H and O–H groups in total. The summed E-state index contributed by atoms with van der Waals surface area (Å²) in [6, 6.07) is 1.81. The standard InChI is InChI=1S/C13H17ClN6/c1-13(5-2-3-6-13)9-15-11-17-10(14)18-12(19-11)20-8-4-7-16-20/h4,7-8H,2-3,5-6,9H2,1H3,(H,15,17,18,19). The summed E-state index contributed by atoms with van der Waals surface area (Å²) in [6.07, 6.45) is 8.52. The number of nitrogens with zero attached hydrogens (tertiary/aromatic N) is 5. The summed E-state index contributed by atoms with van der Waals surface area (Å²) >= 11 is 5.95. The summed E-state index contributed by atoms with van der Waals surface area (Å²) in [7, 11) is 0. The van der Waals surface area contributed by atoms with Crippen LogP contribution in [0.3, 0.4) is 0 Å². The van der Waals surface area contributed by atoms with Gasteiger partial charge in [-0.05, 0) is 35.9 Å². The average molecular weight is 293 g/mol. The molecule has 0 saturated heterocycles. The zero-order chi connectivity index (χ0) is 14.0. The summed E-state index contributed by atoms with van der Waals surface area (Å²) in [4.78, 5) is 12.6. The lowest BCUT2D eigenvalue weighted by atomic mass is 9.89. The van der Waals surface area contributed by atoms with Gasteiger partial charge in [-0.2, -0.15) is 20.1 Å². The minimum Gasteiger partial charge on any atom is -0.353 e. The SMILES string of the molecule is CC1(CNc2nc(Cl)nc(-n3cccn3)n2)CCCC1. The first-order valence-corrected chi connectivity index (χ1v) is 7.18. The molecule has 2 aromatic heterocycles. The third kappa shape index (κ3) is 2.90. The van der Waals surface area contributed by atoms with E-state index in [4.69, 9.17) is 11.6 Å². The Morgan fingerprint density at radius 1 is 1.30 bits per heavy atom. The minimum absolute atomic E-state index is 0.171. The zero-order valence-electron chi connectivity index (χ0n) is 11.4. The van der Waals surface area contributed by atoms with Crippen molar-refractivity contribution in [3.63, 3.8) is 0 Å². The van der Waals surface area contributed by atoms with Crippen molar-refractivity contribution in [2.75, 3.05) is 11.9 Å². The van der Waals surface area contributed by atoms with E-state index in [2.05, 4.69) is 32.3 Å². The van der Waals surface area contributed by atoms with Gasteiger partial charge in [-0.3, -0.25) is 0 Å². The molecule has 7 heteroatoms. The number of aromatic nitrogens is 5. The first-order valence-electron chi connectivity index (χ1n) is 6.80. The topological polar surface area (TPSA) is 68.5 Å². The number of halogens is 1. The van der Waals surface area contributed by atoms with Gasteiger partial charge in [-0.25, -0.2) is 4.68 Å². The molecule has 0 amide bonds. The third-order valence-corrected chi connectivity index (χ3v) is 3.96. The fraction of sp³-hybridized carbons (Fsp3) is 0.538. The average Bonchev–Trinajstić information content (AvgIpc) is 3.08. The molecule has 2 aromatic rings. The number of anilines is 1. The van der Waals surface area contributed by atoms with E-state index in [1.165, 1.54) is 25.7 Å². The first-order chi connectivity index (χ1) is 9.65. The Labute approximate surface area is 122 Å². The summed E-state index contributed by atoms with van der Waals surface area (Å²) in [5, 5.41) is 7.55. The molecule has 0 spiro atoms. The van der Waals surface area contributed by atoms with Crippen LogP contribution in [-0.2, 0) is 0 Å². The fourth-order valence-corrected chi connectivity index (χ4v) is 2.76. The van der Waals surface area contributed by atoms with Crippen LogP contribution >= 0.6 is 11.6 Å². The van der Waals surface area contributed by atoms with Crippen molar-refractivity contribution in [2.24, 2.45) is 5.41 Å². The lowest BCUT2D eigenvalue weighted by molar-refractivity contribution is 0.361. The molecule has 3 rings (SSSR count). The maximum absolute atomic E-state index is 5.95. The molecule has 2 heterocycles. The molecule has 106 valence electrons. The van der Waals surface area contributed by atoms with Crippen LogP contribution in [0.5, 0.6) is 0 Å². The van der Waals surface area contributed by atoms with Crippen LogP contribution in [0, 0.1) is 5.41 Å². The van der Waals surface area contributed by atoms with Gasteiger partial charge in [0, 0.05) is 18.9 Å². The second-order valence-corrected chi connectivity index (χ2v) is 5.89. The van der Waals surface area contributed by atoms with Crippen LogP contribution in [-0.4, -0.2) is 31.3 Å².